The summed E-state index contributed by atoms with van der Waals surface area (Å²) in [7, 11) is 0. The minimum Gasteiger partial charge on any atom is -0.458 e. The number of esters is 2. The highest BCUT2D eigenvalue weighted by Gasteiger charge is 2.48. The molecule has 0 aromatic heterocycles. The number of carbonyl (C=O) groups excluding carboxylic acids is 2. The van der Waals surface area contributed by atoms with E-state index < -0.39 is 29.6 Å². The van der Waals surface area contributed by atoms with Crippen LogP contribution in [0.15, 0.2) is 30.9 Å². The fourth-order valence-corrected chi connectivity index (χ4v) is 4.21. The minimum absolute atomic E-state index is 0.212. The van der Waals surface area contributed by atoms with Crippen molar-refractivity contribution in [2.45, 2.75) is 58.0 Å². The Bertz CT molecular complexity index is 734. The SMILES string of the molecule is C=CCOCc1cc([C@@H]2O[C@H](SC)[C@@H](OC(C)=O)[C@H](OC(C)=O)[C@H]2C)ccc1C. The molecule has 5 atom stereocenters. The van der Waals surface area contributed by atoms with Gasteiger partial charge in [-0.2, -0.15) is 0 Å². The first kappa shape index (κ1) is 23.4. The van der Waals surface area contributed by atoms with Gasteiger partial charge in [0.15, 0.2) is 6.10 Å². The van der Waals surface area contributed by atoms with E-state index in [1.54, 1.807) is 6.08 Å². The van der Waals surface area contributed by atoms with Crippen LogP contribution in [0.25, 0.3) is 0 Å². The highest BCUT2D eigenvalue weighted by Crippen LogP contribution is 2.42. The Labute approximate surface area is 176 Å². The Morgan fingerprint density at radius 2 is 1.86 bits per heavy atom. The molecule has 1 aliphatic heterocycles. The molecule has 1 fully saturated rings. The average molecular weight is 423 g/mol. The number of benzene rings is 1. The van der Waals surface area contributed by atoms with Crippen LogP contribution >= 0.6 is 11.8 Å². The number of rotatable bonds is 8. The molecule has 0 bridgehead atoms. The molecule has 1 saturated heterocycles. The number of thioether (sulfide) groups is 1. The Kier molecular flexibility index (Phi) is 8.74. The average Bonchev–Trinajstić information content (AvgIpc) is 2.66. The predicted molar refractivity (Wildman–Crippen MR) is 112 cm³/mol. The van der Waals surface area contributed by atoms with Crippen molar-refractivity contribution < 1.29 is 28.5 Å². The lowest BCUT2D eigenvalue weighted by molar-refractivity contribution is -0.208. The van der Waals surface area contributed by atoms with Crippen molar-refractivity contribution in [1.82, 2.24) is 0 Å². The van der Waals surface area contributed by atoms with Crippen molar-refractivity contribution in [1.29, 1.82) is 0 Å². The van der Waals surface area contributed by atoms with Crippen molar-refractivity contribution in [2.24, 2.45) is 5.92 Å². The van der Waals surface area contributed by atoms with Gasteiger partial charge in [-0.15, -0.1) is 18.3 Å². The Morgan fingerprint density at radius 3 is 2.45 bits per heavy atom. The van der Waals surface area contributed by atoms with Gasteiger partial charge in [0.1, 0.15) is 11.5 Å². The first-order chi connectivity index (χ1) is 13.8. The lowest BCUT2D eigenvalue weighted by atomic mass is 9.86. The van der Waals surface area contributed by atoms with E-state index in [-0.39, 0.29) is 12.0 Å². The van der Waals surface area contributed by atoms with Gasteiger partial charge in [0.25, 0.3) is 0 Å². The third-order valence-electron chi connectivity index (χ3n) is 4.90. The van der Waals surface area contributed by atoms with Gasteiger partial charge in [0.05, 0.1) is 19.3 Å². The summed E-state index contributed by atoms with van der Waals surface area (Å²) in [5.74, 6) is -1.06. The third kappa shape index (κ3) is 6.07. The van der Waals surface area contributed by atoms with E-state index in [4.69, 9.17) is 18.9 Å². The summed E-state index contributed by atoms with van der Waals surface area (Å²) in [6.45, 7) is 11.3. The summed E-state index contributed by atoms with van der Waals surface area (Å²) in [4.78, 5) is 23.4. The molecule has 2 rings (SSSR count). The van der Waals surface area contributed by atoms with E-state index in [1.165, 1.54) is 25.6 Å². The highest BCUT2D eigenvalue weighted by atomic mass is 32.2. The van der Waals surface area contributed by atoms with Crippen LogP contribution in [0.3, 0.4) is 0 Å². The molecule has 1 aromatic rings. The van der Waals surface area contributed by atoms with Crippen LogP contribution in [0.1, 0.15) is 43.6 Å². The fourth-order valence-electron chi connectivity index (χ4n) is 3.50. The largest absolute Gasteiger partial charge is 0.458 e. The third-order valence-corrected chi connectivity index (χ3v) is 5.74. The molecular formula is C22H30O6S. The topological polar surface area (TPSA) is 71.1 Å². The summed E-state index contributed by atoms with van der Waals surface area (Å²) in [6.07, 6.45) is 2.01. The van der Waals surface area contributed by atoms with Crippen LogP contribution in [-0.2, 0) is 35.1 Å². The number of ether oxygens (including phenoxy) is 4. The fraction of sp³-hybridized carbons (Fsp3) is 0.545. The highest BCUT2D eigenvalue weighted by molar-refractivity contribution is 7.99. The second-order valence-corrected chi connectivity index (χ2v) is 8.09. The molecular weight excluding hydrogens is 392 g/mol. The second kappa shape index (κ2) is 10.8. The van der Waals surface area contributed by atoms with Crippen molar-refractivity contribution in [3.8, 4) is 0 Å². The molecule has 0 saturated carbocycles. The predicted octanol–water partition coefficient (Wildman–Crippen LogP) is 3.96. The molecule has 0 N–H and O–H groups in total. The smallest absolute Gasteiger partial charge is 0.303 e. The summed E-state index contributed by atoms with van der Waals surface area (Å²) < 4.78 is 23.0. The number of aryl methyl sites for hydroxylation is 1. The Balaban J connectivity index is 2.34. The van der Waals surface area contributed by atoms with Gasteiger partial charge in [-0.1, -0.05) is 31.2 Å². The van der Waals surface area contributed by atoms with Gasteiger partial charge >= 0.3 is 11.9 Å². The first-order valence-corrected chi connectivity index (χ1v) is 10.9. The van der Waals surface area contributed by atoms with Crippen molar-refractivity contribution in [3.63, 3.8) is 0 Å². The zero-order valence-electron chi connectivity index (χ0n) is 17.7. The zero-order valence-corrected chi connectivity index (χ0v) is 18.5. The lowest BCUT2D eigenvalue weighted by Crippen LogP contribution is -2.52. The summed E-state index contributed by atoms with van der Waals surface area (Å²) in [6, 6.07) is 6.11. The van der Waals surface area contributed by atoms with Crippen molar-refractivity contribution in [2.75, 3.05) is 12.9 Å². The summed E-state index contributed by atoms with van der Waals surface area (Å²) in [5, 5.41) is 0. The molecule has 29 heavy (non-hydrogen) atoms. The van der Waals surface area contributed by atoms with Crippen LogP contribution in [0, 0.1) is 12.8 Å². The maximum Gasteiger partial charge on any atom is 0.303 e. The molecule has 0 amide bonds. The van der Waals surface area contributed by atoms with Crippen LogP contribution in [-0.4, -0.2) is 42.4 Å². The Morgan fingerprint density at radius 1 is 1.21 bits per heavy atom. The van der Waals surface area contributed by atoms with Gasteiger partial charge < -0.3 is 18.9 Å². The first-order valence-electron chi connectivity index (χ1n) is 9.59. The molecule has 1 aromatic carbocycles. The van der Waals surface area contributed by atoms with Crippen LogP contribution < -0.4 is 0 Å². The molecule has 160 valence electrons. The molecule has 1 aliphatic rings. The van der Waals surface area contributed by atoms with Gasteiger partial charge in [-0.25, -0.2) is 0 Å². The van der Waals surface area contributed by atoms with E-state index in [2.05, 4.69) is 12.6 Å². The molecule has 0 radical (unpaired) electrons. The van der Waals surface area contributed by atoms with Gasteiger partial charge in [-0.05, 0) is 29.9 Å². The summed E-state index contributed by atoms with van der Waals surface area (Å²) in [5.41, 5.74) is 2.70. The second-order valence-electron chi connectivity index (χ2n) is 7.16. The maximum absolute atomic E-state index is 11.7. The van der Waals surface area contributed by atoms with E-state index >= 15 is 0 Å². The maximum atomic E-state index is 11.7. The molecule has 0 aliphatic carbocycles. The normalized spacial score (nSPS) is 26.6. The van der Waals surface area contributed by atoms with E-state index in [0.717, 1.165) is 16.7 Å². The minimum atomic E-state index is -0.668. The number of hydrogen-bond acceptors (Lipinski definition) is 7. The quantitative estimate of drug-likeness (QED) is 0.357. The van der Waals surface area contributed by atoms with Crippen LogP contribution in [0.5, 0.6) is 0 Å². The number of carbonyl (C=O) groups is 2. The number of hydrogen-bond donors (Lipinski definition) is 0. The molecule has 0 unspecified atom stereocenters. The Hall–Kier alpha value is -1.83. The van der Waals surface area contributed by atoms with Crippen LogP contribution in [0.4, 0.5) is 0 Å². The van der Waals surface area contributed by atoms with E-state index in [9.17, 15) is 9.59 Å². The van der Waals surface area contributed by atoms with E-state index in [1.807, 2.05) is 32.2 Å². The van der Waals surface area contributed by atoms with Gasteiger partial charge in [0, 0.05) is 19.8 Å². The van der Waals surface area contributed by atoms with Crippen LogP contribution in [0.2, 0.25) is 0 Å². The van der Waals surface area contributed by atoms with Crippen molar-refractivity contribution >= 4 is 23.7 Å². The molecule has 1 heterocycles. The molecule has 7 heteroatoms. The van der Waals surface area contributed by atoms with Gasteiger partial charge in [-0.3, -0.25) is 9.59 Å². The van der Waals surface area contributed by atoms with E-state index in [0.29, 0.717) is 13.2 Å². The van der Waals surface area contributed by atoms with Gasteiger partial charge in [0.2, 0.25) is 0 Å². The standard InChI is InChI=1S/C22H30O6S/c1-7-10-25-12-18-11-17(9-8-13(18)2)19-14(3)20(26-15(4)23)21(27-16(5)24)22(28-19)29-6/h7-9,11,14,19-22H,1,10,12H2,2-6H3/t14-,19+,20+,21-,22+/m0/s1. The van der Waals surface area contributed by atoms with Crippen molar-refractivity contribution in [3.05, 3.63) is 47.5 Å². The lowest BCUT2D eigenvalue weighted by Gasteiger charge is -2.44. The molecule has 6 nitrogen and oxygen atoms in total. The monoisotopic (exact) mass is 422 g/mol. The zero-order chi connectivity index (χ0) is 21.6. The molecule has 0 spiro atoms. The summed E-state index contributed by atoms with van der Waals surface area (Å²) >= 11 is 1.42.